The summed E-state index contributed by atoms with van der Waals surface area (Å²) in [6.45, 7) is 1.42. The number of amides is 1. The maximum absolute atomic E-state index is 13.6. The number of hydrogen-bond donors (Lipinski definition) is 3. The summed E-state index contributed by atoms with van der Waals surface area (Å²) < 4.78 is 20.7. The van der Waals surface area contributed by atoms with Gasteiger partial charge in [-0.3, -0.25) is 9.20 Å². The number of fused-ring (bicyclic) bond motifs is 2. The fourth-order valence-electron chi connectivity index (χ4n) is 4.73. The molecule has 8 nitrogen and oxygen atoms in total. The molecule has 34 heavy (non-hydrogen) atoms. The number of hydrogen-bond acceptors (Lipinski definition) is 6. The van der Waals surface area contributed by atoms with E-state index < -0.39 is 5.60 Å². The molecular formula is C25H22FN5O3. The van der Waals surface area contributed by atoms with Crippen molar-refractivity contribution in [1.82, 2.24) is 19.7 Å². The van der Waals surface area contributed by atoms with E-state index in [9.17, 15) is 14.3 Å². The Morgan fingerprint density at radius 3 is 2.76 bits per heavy atom. The number of rotatable bonds is 4. The molecule has 9 heteroatoms. The molecule has 3 aromatic heterocycles. The number of imidazole rings is 1. The smallest absolute Gasteiger partial charge is 0.254 e. The van der Waals surface area contributed by atoms with Crippen molar-refractivity contribution in [2.45, 2.75) is 25.0 Å². The first-order valence-corrected chi connectivity index (χ1v) is 11.1. The van der Waals surface area contributed by atoms with Gasteiger partial charge >= 0.3 is 0 Å². The highest BCUT2D eigenvalue weighted by Crippen LogP contribution is 2.36. The lowest BCUT2D eigenvalue weighted by Crippen LogP contribution is -2.33. The number of benzene rings is 1. The summed E-state index contributed by atoms with van der Waals surface area (Å²) in [7, 11) is 0. The Balaban J connectivity index is 1.34. The van der Waals surface area contributed by atoms with Crippen LogP contribution in [0.3, 0.4) is 0 Å². The first-order chi connectivity index (χ1) is 16.5. The molecule has 4 aromatic rings. The van der Waals surface area contributed by atoms with Crippen LogP contribution >= 0.6 is 0 Å². The number of aromatic nitrogens is 3. The molecule has 0 spiro atoms. The van der Waals surface area contributed by atoms with Crippen LogP contribution in [-0.4, -0.2) is 38.6 Å². The molecule has 3 N–H and O–H groups in total. The Labute approximate surface area is 194 Å². The summed E-state index contributed by atoms with van der Waals surface area (Å²) in [5, 5.41) is 17.0. The number of nitrogens with one attached hydrogen (secondary N) is 2. The van der Waals surface area contributed by atoms with Gasteiger partial charge in [0, 0.05) is 62.2 Å². The second-order valence-electron chi connectivity index (χ2n) is 8.61. The molecule has 0 bridgehead atoms. The zero-order valence-corrected chi connectivity index (χ0v) is 18.2. The van der Waals surface area contributed by atoms with Crippen LogP contribution in [-0.2, 0) is 16.9 Å². The Kier molecular flexibility index (Phi) is 4.82. The van der Waals surface area contributed by atoms with Crippen molar-refractivity contribution in [1.29, 1.82) is 0 Å². The van der Waals surface area contributed by atoms with Crippen molar-refractivity contribution in [2.75, 3.05) is 18.5 Å². The van der Waals surface area contributed by atoms with Crippen molar-refractivity contribution in [3.63, 3.8) is 0 Å². The molecule has 172 valence electrons. The number of carbonyl (C=O) groups is 1. The molecular weight excluding hydrogens is 437 g/mol. The van der Waals surface area contributed by atoms with Gasteiger partial charge in [0.25, 0.3) is 5.91 Å². The van der Waals surface area contributed by atoms with Gasteiger partial charge in [0.1, 0.15) is 17.3 Å². The molecule has 1 aromatic carbocycles. The zero-order valence-electron chi connectivity index (χ0n) is 18.2. The molecule has 0 saturated carbocycles. The lowest BCUT2D eigenvalue weighted by molar-refractivity contribution is -0.0680. The van der Waals surface area contributed by atoms with Gasteiger partial charge in [0.15, 0.2) is 0 Å². The predicted molar refractivity (Wildman–Crippen MR) is 123 cm³/mol. The highest BCUT2D eigenvalue weighted by molar-refractivity contribution is 6.06. The standard InChI is InChI=1S/C25H22FN5O3/c26-16-5-8-31-20(14-28-22(31)11-16)17-2-3-19(23-18(17)13-29-24(23)32)30-21-4-1-15(12-27-21)25(33)6-9-34-10-7-25/h1-5,8,11-12,14,33H,6-7,9-10,13H2,(H,27,30)(H,29,32). The van der Waals surface area contributed by atoms with E-state index in [0.29, 0.717) is 55.3 Å². The van der Waals surface area contributed by atoms with E-state index in [4.69, 9.17) is 4.74 Å². The van der Waals surface area contributed by atoms with Crippen LogP contribution in [0.4, 0.5) is 15.9 Å². The van der Waals surface area contributed by atoms with Crippen LogP contribution in [0.2, 0.25) is 0 Å². The number of aliphatic hydroxyl groups is 1. The van der Waals surface area contributed by atoms with E-state index in [1.54, 1.807) is 29.1 Å². The molecule has 0 aliphatic carbocycles. The Morgan fingerprint density at radius 2 is 1.97 bits per heavy atom. The Hall–Kier alpha value is -3.82. The Morgan fingerprint density at radius 1 is 1.12 bits per heavy atom. The molecule has 0 radical (unpaired) electrons. The summed E-state index contributed by atoms with van der Waals surface area (Å²) in [5.74, 6) is 0.0421. The summed E-state index contributed by atoms with van der Waals surface area (Å²) in [5.41, 5.74) is 3.98. The quantitative estimate of drug-likeness (QED) is 0.432. The molecule has 1 saturated heterocycles. The fourth-order valence-corrected chi connectivity index (χ4v) is 4.73. The van der Waals surface area contributed by atoms with Crippen LogP contribution in [0.1, 0.15) is 34.3 Å². The minimum Gasteiger partial charge on any atom is -0.385 e. The van der Waals surface area contributed by atoms with Gasteiger partial charge in [0.05, 0.1) is 28.7 Å². The summed E-state index contributed by atoms with van der Waals surface area (Å²) in [6, 6.07) is 10.2. The molecule has 6 rings (SSSR count). The average molecular weight is 459 g/mol. The van der Waals surface area contributed by atoms with Crippen LogP contribution in [0.25, 0.3) is 16.9 Å². The van der Waals surface area contributed by atoms with Gasteiger partial charge < -0.3 is 20.5 Å². The number of halogens is 1. The van der Waals surface area contributed by atoms with Crippen LogP contribution in [0, 0.1) is 5.82 Å². The SMILES string of the molecule is O=C1NCc2c(-c3cnc4cc(F)ccn34)ccc(Nc3ccc(C4(O)CCOCC4)cn3)c21. The molecule has 2 aliphatic rings. The van der Waals surface area contributed by atoms with E-state index in [0.717, 1.165) is 22.4 Å². The highest BCUT2D eigenvalue weighted by atomic mass is 19.1. The third kappa shape index (κ3) is 3.41. The largest absolute Gasteiger partial charge is 0.385 e. The van der Waals surface area contributed by atoms with Crippen molar-refractivity contribution < 1.29 is 19.0 Å². The van der Waals surface area contributed by atoms with Crippen molar-refractivity contribution in [3.05, 3.63) is 77.5 Å². The molecule has 1 amide bonds. The maximum atomic E-state index is 13.6. The summed E-state index contributed by atoms with van der Waals surface area (Å²) in [4.78, 5) is 21.5. The van der Waals surface area contributed by atoms with E-state index in [1.165, 1.54) is 12.1 Å². The van der Waals surface area contributed by atoms with Gasteiger partial charge in [0.2, 0.25) is 0 Å². The van der Waals surface area contributed by atoms with Crippen LogP contribution in [0.15, 0.2) is 55.0 Å². The number of carbonyl (C=O) groups excluding carboxylic acids is 1. The molecule has 0 atom stereocenters. The number of anilines is 2. The molecule has 5 heterocycles. The number of pyridine rings is 2. The summed E-state index contributed by atoms with van der Waals surface area (Å²) in [6.07, 6.45) is 6.05. The van der Waals surface area contributed by atoms with E-state index in [2.05, 4.69) is 20.6 Å². The van der Waals surface area contributed by atoms with E-state index in [-0.39, 0.29) is 11.7 Å². The van der Waals surface area contributed by atoms with Crippen LogP contribution < -0.4 is 10.6 Å². The molecule has 2 aliphatic heterocycles. The Bertz CT molecular complexity index is 1410. The monoisotopic (exact) mass is 459 g/mol. The highest BCUT2D eigenvalue weighted by Gasteiger charge is 2.32. The molecule has 0 unspecified atom stereocenters. The zero-order chi connectivity index (χ0) is 23.3. The second kappa shape index (κ2) is 7.89. The topological polar surface area (TPSA) is 101 Å². The van der Waals surface area contributed by atoms with Gasteiger partial charge in [-0.1, -0.05) is 12.1 Å². The minimum absolute atomic E-state index is 0.174. The van der Waals surface area contributed by atoms with Crippen molar-refractivity contribution in [2.24, 2.45) is 0 Å². The molecule has 1 fully saturated rings. The van der Waals surface area contributed by atoms with Crippen molar-refractivity contribution in [3.8, 4) is 11.3 Å². The number of nitrogens with zero attached hydrogens (tertiary/aromatic N) is 3. The number of ether oxygens (including phenoxy) is 1. The second-order valence-corrected chi connectivity index (χ2v) is 8.61. The minimum atomic E-state index is -0.927. The van der Waals surface area contributed by atoms with Gasteiger partial charge in [-0.05, 0) is 23.8 Å². The van der Waals surface area contributed by atoms with Gasteiger partial charge in [-0.2, -0.15) is 0 Å². The summed E-state index contributed by atoms with van der Waals surface area (Å²) >= 11 is 0. The van der Waals surface area contributed by atoms with Gasteiger partial charge in [-0.25, -0.2) is 14.4 Å². The maximum Gasteiger partial charge on any atom is 0.254 e. The van der Waals surface area contributed by atoms with E-state index in [1.807, 2.05) is 18.2 Å². The lowest BCUT2D eigenvalue weighted by Gasteiger charge is -2.32. The first-order valence-electron chi connectivity index (χ1n) is 11.1. The van der Waals surface area contributed by atoms with Crippen LogP contribution in [0.5, 0.6) is 0 Å². The first kappa shape index (κ1) is 20.8. The fraction of sp³-hybridized carbons (Fsp3) is 0.240. The van der Waals surface area contributed by atoms with Gasteiger partial charge in [-0.15, -0.1) is 0 Å². The normalized spacial score (nSPS) is 16.9. The third-order valence-corrected chi connectivity index (χ3v) is 6.60. The average Bonchev–Trinajstić information content (AvgIpc) is 3.44. The van der Waals surface area contributed by atoms with Crippen molar-refractivity contribution >= 4 is 23.1 Å². The van der Waals surface area contributed by atoms with E-state index >= 15 is 0 Å². The third-order valence-electron chi connectivity index (χ3n) is 6.60. The lowest BCUT2D eigenvalue weighted by atomic mass is 9.87. The predicted octanol–water partition coefficient (Wildman–Crippen LogP) is 3.52.